The highest BCUT2D eigenvalue weighted by atomic mass is 32.2. The van der Waals surface area contributed by atoms with Crippen LogP contribution < -0.4 is 0 Å². The second-order valence-electron chi connectivity index (χ2n) is 5.92. The van der Waals surface area contributed by atoms with Crippen molar-refractivity contribution in [1.29, 1.82) is 0 Å². The minimum Gasteiger partial charge on any atom is -0.286 e. The first-order valence-corrected chi connectivity index (χ1v) is 9.06. The maximum Gasteiger partial charge on any atom is 0.416 e. The van der Waals surface area contributed by atoms with E-state index < -0.39 is 11.7 Å². The Bertz CT molecular complexity index is 849. The molecule has 0 bridgehead atoms. The average molecular weight is 378 g/mol. The van der Waals surface area contributed by atoms with Crippen LogP contribution in [0.4, 0.5) is 13.2 Å². The van der Waals surface area contributed by atoms with Crippen molar-refractivity contribution in [3.63, 3.8) is 0 Å². The number of carbonyl (C=O) groups excluding carboxylic acids is 1. The molecule has 0 atom stereocenters. The highest BCUT2D eigenvalue weighted by Crippen LogP contribution is 2.31. The van der Waals surface area contributed by atoms with Gasteiger partial charge in [-0.1, -0.05) is 48.2 Å². The molecule has 0 fully saturated rings. The van der Waals surface area contributed by atoms with E-state index in [-0.39, 0.29) is 5.91 Å². The fraction of sp³-hybridized carbons (Fsp3) is 0.263. The summed E-state index contributed by atoms with van der Waals surface area (Å²) >= 11 is 1.28. The van der Waals surface area contributed by atoms with Gasteiger partial charge in [0.15, 0.2) is 5.17 Å². The van der Waals surface area contributed by atoms with Gasteiger partial charge in [0.25, 0.3) is 5.91 Å². The van der Waals surface area contributed by atoms with Gasteiger partial charge < -0.3 is 0 Å². The standard InChI is InChI=1S/C19H17F3N2OS/c1-13-5-2-3-8-16(13)17(25)24-10-9-23-18(24)26-12-14-6-4-7-15(11-14)19(20,21)22/h2-8,11H,9-10,12H2,1H3. The highest BCUT2D eigenvalue weighted by Gasteiger charge is 2.30. The zero-order valence-electron chi connectivity index (χ0n) is 14.1. The molecule has 1 heterocycles. The van der Waals surface area contributed by atoms with E-state index in [2.05, 4.69) is 4.99 Å². The molecule has 0 unspecified atom stereocenters. The van der Waals surface area contributed by atoms with E-state index in [4.69, 9.17) is 0 Å². The molecule has 1 aliphatic heterocycles. The molecule has 3 rings (SSSR count). The topological polar surface area (TPSA) is 32.7 Å². The molecule has 136 valence electrons. The lowest BCUT2D eigenvalue weighted by atomic mass is 10.1. The maximum atomic E-state index is 12.8. The highest BCUT2D eigenvalue weighted by molar-refractivity contribution is 8.13. The van der Waals surface area contributed by atoms with E-state index in [1.807, 2.05) is 25.1 Å². The number of thioether (sulfide) groups is 1. The van der Waals surface area contributed by atoms with Crippen molar-refractivity contribution >= 4 is 22.8 Å². The van der Waals surface area contributed by atoms with E-state index in [0.717, 1.165) is 17.7 Å². The Kier molecular flexibility index (Phi) is 5.36. The molecule has 0 radical (unpaired) electrons. The lowest BCUT2D eigenvalue weighted by Crippen LogP contribution is -2.33. The first-order valence-electron chi connectivity index (χ1n) is 8.07. The minimum absolute atomic E-state index is 0.129. The van der Waals surface area contributed by atoms with Gasteiger partial charge in [-0.2, -0.15) is 13.2 Å². The Morgan fingerprint density at radius 2 is 1.96 bits per heavy atom. The molecule has 2 aromatic carbocycles. The summed E-state index contributed by atoms with van der Waals surface area (Å²) in [4.78, 5) is 18.7. The van der Waals surface area contributed by atoms with Crippen LogP contribution in [0.5, 0.6) is 0 Å². The Balaban J connectivity index is 1.70. The number of amidine groups is 1. The first kappa shape index (κ1) is 18.5. The van der Waals surface area contributed by atoms with E-state index in [9.17, 15) is 18.0 Å². The number of rotatable bonds is 3. The molecule has 1 aliphatic rings. The van der Waals surface area contributed by atoms with Crippen LogP contribution in [-0.2, 0) is 11.9 Å². The minimum atomic E-state index is -4.36. The predicted octanol–water partition coefficient (Wildman–Crippen LogP) is 4.76. The molecule has 0 saturated heterocycles. The summed E-state index contributed by atoms with van der Waals surface area (Å²) in [6, 6.07) is 12.5. The Hall–Kier alpha value is -2.28. The van der Waals surface area contributed by atoms with Crippen molar-refractivity contribution in [1.82, 2.24) is 4.90 Å². The van der Waals surface area contributed by atoms with Crippen LogP contribution in [0, 0.1) is 6.92 Å². The molecule has 26 heavy (non-hydrogen) atoms. The molecule has 1 amide bonds. The largest absolute Gasteiger partial charge is 0.416 e. The number of hydrogen-bond acceptors (Lipinski definition) is 3. The molecule has 0 spiro atoms. The monoisotopic (exact) mass is 378 g/mol. The molecule has 0 aliphatic carbocycles. The molecular weight excluding hydrogens is 361 g/mol. The number of aryl methyl sites for hydroxylation is 1. The fourth-order valence-electron chi connectivity index (χ4n) is 2.68. The van der Waals surface area contributed by atoms with E-state index in [1.165, 1.54) is 17.8 Å². The number of aliphatic imine (C=N–C) groups is 1. The SMILES string of the molecule is Cc1ccccc1C(=O)N1CCN=C1SCc1cccc(C(F)(F)F)c1. The number of halogens is 3. The van der Waals surface area contributed by atoms with E-state index in [1.54, 1.807) is 17.0 Å². The molecule has 0 N–H and O–H groups in total. The normalized spacial score (nSPS) is 14.5. The van der Waals surface area contributed by atoms with Crippen LogP contribution >= 0.6 is 11.8 Å². The second kappa shape index (κ2) is 7.53. The fourth-order valence-corrected chi connectivity index (χ4v) is 3.67. The number of nitrogens with zero attached hydrogens (tertiary/aromatic N) is 2. The number of benzene rings is 2. The molecule has 3 nitrogen and oxygen atoms in total. The molecule has 0 aromatic heterocycles. The van der Waals surface area contributed by atoms with Crippen LogP contribution in [0.2, 0.25) is 0 Å². The van der Waals surface area contributed by atoms with Gasteiger partial charge in [-0.3, -0.25) is 14.7 Å². The van der Waals surface area contributed by atoms with Crippen molar-refractivity contribution in [2.24, 2.45) is 4.99 Å². The number of carbonyl (C=O) groups is 1. The Morgan fingerprint density at radius 1 is 1.19 bits per heavy atom. The lowest BCUT2D eigenvalue weighted by molar-refractivity contribution is -0.137. The van der Waals surface area contributed by atoms with E-state index in [0.29, 0.717) is 35.1 Å². The summed E-state index contributed by atoms with van der Waals surface area (Å²) in [5, 5.41) is 0.552. The zero-order valence-corrected chi connectivity index (χ0v) is 14.9. The van der Waals surface area contributed by atoms with Crippen LogP contribution in [0.25, 0.3) is 0 Å². The van der Waals surface area contributed by atoms with Gasteiger partial charge in [-0.05, 0) is 30.2 Å². The lowest BCUT2D eigenvalue weighted by Gasteiger charge is -2.19. The van der Waals surface area contributed by atoms with Gasteiger partial charge in [-0.25, -0.2) is 0 Å². The van der Waals surface area contributed by atoms with Gasteiger partial charge in [0.2, 0.25) is 0 Å². The van der Waals surface area contributed by atoms with Crippen molar-refractivity contribution in [3.8, 4) is 0 Å². The third-order valence-corrected chi connectivity index (χ3v) is 5.13. The molecule has 0 saturated carbocycles. The predicted molar refractivity (Wildman–Crippen MR) is 97.3 cm³/mol. The smallest absolute Gasteiger partial charge is 0.286 e. The second-order valence-corrected chi connectivity index (χ2v) is 6.87. The van der Waals surface area contributed by atoms with E-state index >= 15 is 0 Å². The summed E-state index contributed by atoms with van der Waals surface area (Å²) < 4.78 is 38.5. The first-order chi connectivity index (χ1) is 12.4. The molecular formula is C19H17F3N2OS. The van der Waals surface area contributed by atoms with Crippen LogP contribution in [0.15, 0.2) is 53.5 Å². The van der Waals surface area contributed by atoms with Gasteiger partial charge in [0.1, 0.15) is 0 Å². The number of amides is 1. The quantitative estimate of drug-likeness (QED) is 0.772. The molecule has 2 aromatic rings. The maximum absolute atomic E-state index is 12.8. The third kappa shape index (κ3) is 4.09. The average Bonchev–Trinajstić information content (AvgIpc) is 3.08. The van der Waals surface area contributed by atoms with Gasteiger partial charge >= 0.3 is 6.18 Å². The summed E-state index contributed by atoms with van der Waals surface area (Å²) in [7, 11) is 0. The summed E-state index contributed by atoms with van der Waals surface area (Å²) in [5.41, 5.74) is 1.37. The Morgan fingerprint density at radius 3 is 2.69 bits per heavy atom. The van der Waals surface area contributed by atoms with Crippen molar-refractivity contribution in [2.75, 3.05) is 13.1 Å². The van der Waals surface area contributed by atoms with Gasteiger partial charge in [0, 0.05) is 17.9 Å². The summed E-state index contributed by atoms with van der Waals surface area (Å²) in [6.07, 6.45) is -4.36. The van der Waals surface area contributed by atoms with Crippen LogP contribution in [0.1, 0.15) is 27.0 Å². The third-order valence-electron chi connectivity index (χ3n) is 4.04. The van der Waals surface area contributed by atoms with Crippen LogP contribution in [0.3, 0.4) is 0 Å². The number of hydrogen-bond donors (Lipinski definition) is 0. The zero-order chi connectivity index (χ0) is 18.7. The van der Waals surface area contributed by atoms with Gasteiger partial charge in [-0.15, -0.1) is 0 Å². The summed E-state index contributed by atoms with van der Waals surface area (Å²) in [6.45, 7) is 2.86. The summed E-state index contributed by atoms with van der Waals surface area (Å²) in [5.74, 6) is 0.191. The van der Waals surface area contributed by atoms with Gasteiger partial charge in [0.05, 0.1) is 12.1 Å². The number of alkyl halides is 3. The van der Waals surface area contributed by atoms with Crippen LogP contribution in [-0.4, -0.2) is 29.1 Å². The van der Waals surface area contributed by atoms with Crippen molar-refractivity contribution < 1.29 is 18.0 Å². The Labute approximate surface area is 153 Å². The molecule has 7 heteroatoms. The van der Waals surface area contributed by atoms with Crippen molar-refractivity contribution in [2.45, 2.75) is 18.9 Å². The van der Waals surface area contributed by atoms with Crippen molar-refractivity contribution in [3.05, 3.63) is 70.8 Å².